The number of halogens is 3. The van der Waals surface area contributed by atoms with Gasteiger partial charge in [-0.3, -0.25) is 4.79 Å². The molecule has 1 fully saturated rings. The van der Waals surface area contributed by atoms with Crippen LogP contribution in [0, 0.1) is 11.7 Å². The summed E-state index contributed by atoms with van der Waals surface area (Å²) in [6.07, 6.45) is 3.17. The summed E-state index contributed by atoms with van der Waals surface area (Å²) in [7, 11) is 0. The molecule has 1 amide bonds. The number of hydrogen-bond acceptors (Lipinski definition) is 1. The summed E-state index contributed by atoms with van der Waals surface area (Å²) in [6, 6.07) is 4.35. The average molecular weight is 335 g/mol. The Balaban J connectivity index is 1.93. The number of rotatable bonds is 3. The molecule has 1 aliphatic carbocycles. The van der Waals surface area contributed by atoms with Gasteiger partial charge in [0, 0.05) is 17.5 Å². The number of nitrogens with one attached hydrogen (secondary N) is 1. The van der Waals surface area contributed by atoms with Gasteiger partial charge in [0.1, 0.15) is 5.82 Å². The minimum absolute atomic E-state index is 0.145. The lowest BCUT2D eigenvalue weighted by atomic mass is 10.1. The first-order valence-electron chi connectivity index (χ1n) is 5.95. The van der Waals surface area contributed by atoms with Gasteiger partial charge in [-0.1, -0.05) is 6.42 Å². The molecule has 0 radical (unpaired) electrons. The Labute approximate surface area is 119 Å². The van der Waals surface area contributed by atoms with E-state index in [1.807, 2.05) is 0 Å². The number of carbonyl (C=O) groups is 1. The zero-order valence-electron chi connectivity index (χ0n) is 9.76. The van der Waals surface area contributed by atoms with Crippen LogP contribution in [-0.2, 0) is 0 Å². The van der Waals surface area contributed by atoms with E-state index in [2.05, 4.69) is 21.2 Å². The molecular weight excluding hydrogens is 321 g/mol. The molecule has 0 heterocycles. The maximum atomic E-state index is 13.3. The molecule has 0 saturated heterocycles. The van der Waals surface area contributed by atoms with Crippen LogP contribution in [0.3, 0.4) is 0 Å². The highest BCUT2D eigenvalue weighted by Crippen LogP contribution is 2.29. The highest BCUT2D eigenvalue weighted by atomic mass is 79.9. The molecule has 0 bridgehead atoms. The number of carbonyl (C=O) groups excluding carboxylic acids is 1. The minimum Gasteiger partial charge on any atom is -0.352 e. The van der Waals surface area contributed by atoms with Gasteiger partial charge in [0.05, 0.1) is 4.47 Å². The molecule has 2 atom stereocenters. The summed E-state index contributed by atoms with van der Waals surface area (Å²) in [5.41, 5.74) is 0.333. The van der Waals surface area contributed by atoms with Crippen molar-refractivity contribution in [2.24, 2.45) is 5.92 Å². The average Bonchev–Trinajstić information content (AvgIpc) is 2.75. The quantitative estimate of drug-likeness (QED) is 0.839. The third kappa shape index (κ3) is 3.23. The van der Waals surface area contributed by atoms with E-state index in [1.165, 1.54) is 12.1 Å². The van der Waals surface area contributed by atoms with Crippen molar-refractivity contribution in [3.63, 3.8) is 0 Å². The summed E-state index contributed by atoms with van der Waals surface area (Å²) in [4.78, 5) is 11.8. The fourth-order valence-corrected chi connectivity index (χ4v) is 2.80. The topological polar surface area (TPSA) is 29.1 Å². The molecule has 2 rings (SSSR count). The third-order valence-electron chi connectivity index (χ3n) is 3.27. The van der Waals surface area contributed by atoms with E-state index in [0.29, 0.717) is 22.5 Å². The first-order chi connectivity index (χ1) is 8.58. The summed E-state index contributed by atoms with van der Waals surface area (Å²) in [6.45, 7) is 0.560. The van der Waals surface area contributed by atoms with Crippen molar-refractivity contribution in [1.82, 2.24) is 5.32 Å². The van der Waals surface area contributed by atoms with Crippen molar-refractivity contribution in [2.45, 2.75) is 24.6 Å². The van der Waals surface area contributed by atoms with Gasteiger partial charge < -0.3 is 5.32 Å². The van der Waals surface area contributed by atoms with Gasteiger partial charge in [-0.2, -0.15) is 0 Å². The third-order valence-corrected chi connectivity index (χ3v) is 4.49. The minimum atomic E-state index is -0.432. The van der Waals surface area contributed by atoms with Crippen LogP contribution in [0.1, 0.15) is 29.6 Å². The Morgan fingerprint density at radius 3 is 2.89 bits per heavy atom. The molecule has 0 aliphatic heterocycles. The van der Waals surface area contributed by atoms with Gasteiger partial charge in [-0.05, 0) is 52.9 Å². The van der Waals surface area contributed by atoms with Crippen LogP contribution in [0.15, 0.2) is 22.7 Å². The van der Waals surface area contributed by atoms with Crippen LogP contribution in [-0.4, -0.2) is 17.8 Å². The van der Waals surface area contributed by atoms with E-state index >= 15 is 0 Å². The van der Waals surface area contributed by atoms with E-state index in [-0.39, 0.29) is 11.3 Å². The number of alkyl halides is 1. The van der Waals surface area contributed by atoms with Crippen LogP contribution >= 0.6 is 27.5 Å². The first kappa shape index (κ1) is 13.8. The SMILES string of the molecule is O=C(NCC1CCCC1Cl)c1ccc(Br)c(F)c1. The molecular formula is C13H14BrClFNO. The van der Waals surface area contributed by atoms with Crippen molar-refractivity contribution < 1.29 is 9.18 Å². The van der Waals surface area contributed by atoms with E-state index in [4.69, 9.17) is 11.6 Å². The molecule has 0 spiro atoms. The second-order valence-electron chi connectivity index (χ2n) is 4.55. The second kappa shape index (κ2) is 6.02. The Kier molecular flexibility index (Phi) is 4.62. The highest BCUT2D eigenvalue weighted by molar-refractivity contribution is 9.10. The predicted molar refractivity (Wildman–Crippen MR) is 73.4 cm³/mol. The molecule has 1 N–H and O–H groups in total. The van der Waals surface area contributed by atoms with Gasteiger partial charge in [-0.15, -0.1) is 11.6 Å². The predicted octanol–water partition coefficient (Wildman–Crippen LogP) is 3.73. The number of hydrogen-bond donors (Lipinski definition) is 1. The maximum absolute atomic E-state index is 13.3. The molecule has 0 aromatic heterocycles. The summed E-state index contributed by atoms with van der Waals surface area (Å²) >= 11 is 9.19. The second-order valence-corrected chi connectivity index (χ2v) is 5.96. The van der Waals surface area contributed by atoms with Crippen molar-refractivity contribution in [1.29, 1.82) is 0 Å². The molecule has 2 nitrogen and oxygen atoms in total. The lowest BCUT2D eigenvalue weighted by Gasteiger charge is -2.14. The lowest BCUT2D eigenvalue weighted by Crippen LogP contribution is -2.31. The van der Waals surface area contributed by atoms with Crippen LogP contribution in [0.5, 0.6) is 0 Å². The fourth-order valence-electron chi connectivity index (χ4n) is 2.18. The molecule has 18 heavy (non-hydrogen) atoms. The smallest absolute Gasteiger partial charge is 0.251 e. The molecule has 1 aliphatic rings. The summed E-state index contributed by atoms with van der Waals surface area (Å²) in [5, 5.41) is 2.96. The van der Waals surface area contributed by atoms with Crippen LogP contribution in [0.4, 0.5) is 4.39 Å². The van der Waals surface area contributed by atoms with E-state index in [0.717, 1.165) is 19.3 Å². The van der Waals surface area contributed by atoms with Crippen LogP contribution < -0.4 is 5.32 Å². The van der Waals surface area contributed by atoms with Crippen molar-refractivity contribution in [3.8, 4) is 0 Å². The van der Waals surface area contributed by atoms with Crippen LogP contribution in [0.25, 0.3) is 0 Å². The molecule has 98 valence electrons. The Hall–Kier alpha value is -0.610. The standard InChI is InChI=1S/C13H14BrClFNO/c14-10-5-4-8(6-12(10)16)13(18)17-7-9-2-1-3-11(9)15/h4-6,9,11H,1-3,7H2,(H,17,18). The highest BCUT2D eigenvalue weighted by Gasteiger charge is 2.25. The summed E-state index contributed by atoms with van der Waals surface area (Å²) < 4.78 is 13.7. The fraction of sp³-hybridized carbons (Fsp3) is 0.462. The van der Waals surface area contributed by atoms with Crippen molar-refractivity contribution in [2.75, 3.05) is 6.54 Å². The van der Waals surface area contributed by atoms with Crippen LogP contribution in [0.2, 0.25) is 0 Å². The Morgan fingerprint density at radius 1 is 1.50 bits per heavy atom. The molecule has 1 aromatic rings. The molecule has 5 heteroatoms. The number of benzene rings is 1. The summed E-state index contributed by atoms with van der Waals surface area (Å²) in [5.74, 6) is -0.355. The van der Waals surface area contributed by atoms with Gasteiger partial charge in [0.25, 0.3) is 5.91 Å². The monoisotopic (exact) mass is 333 g/mol. The van der Waals surface area contributed by atoms with E-state index < -0.39 is 5.82 Å². The number of amides is 1. The van der Waals surface area contributed by atoms with Gasteiger partial charge in [0.15, 0.2) is 0 Å². The van der Waals surface area contributed by atoms with Gasteiger partial charge in [-0.25, -0.2) is 4.39 Å². The van der Waals surface area contributed by atoms with Crippen molar-refractivity contribution in [3.05, 3.63) is 34.1 Å². The lowest BCUT2D eigenvalue weighted by molar-refractivity contribution is 0.0947. The normalized spacial score (nSPS) is 23.1. The first-order valence-corrected chi connectivity index (χ1v) is 7.18. The van der Waals surface area contributed by atoms with Gasteiger partial charge in [0.2, 0.25) is 0 Å². The van der Waals surface area contributed by atoms with E-state index in [1.54, 1.807) is 6.07 Å². The molecule has 1 saturated carbocycles. The van der Waals surface area contributed by atoms with Crippen molar-refractivity contribution >= 4 is 33.4 Å². The Bertz CT molecular complexity index is 455. The largest absolute Gasteiger partial charge is 0.352 e. The maximum Gasteiger partial charge on any atom is 0.251 e. The zero-order valence-corrected chi connectivity index (χ0v) is 12.1. The Morgan fingerprint density at radius 2 is 2.28 bits per heavy atom. The molecule has 2 unspecified atom stereocenters. The van der Waals surface area contributed by atoms with E-state index in [9.17, 15) is 9.18 Å². The van der Waals surface area contributed by atoms with Gasteiger partial charge >= 0.3 is 0 Å². The zero-order chi connectivity index (χ0) is 13.1. The molecule has 1 aromatic carbocycles.